The second kappa shape index (κ2) is 7.03. The molecule has 0 fully saturated rings. The van der Waals surface area contributed by atoms with Gasteiger partial charge >= 0.3 is 0 Å². The maximum Gasteiger partial charge on any atom is 0.240 e. The fourth-order valence-corrected chi connectivity index (χ4v) is 2.79. The summed E-state index contributed by atoms with van der Waals surface area (Å²) in [5, 5.41) is 9.75. The van der Waals surface area contributed by atoms with E-state index in [1.54, 1.807) is 18.2 Å². The summed E-state index contributed by atoms with van der Waals surface area (Å²) < 4.78 is 26.7. The predicted octanol–water partition coefficient (Wildman–Crippen LogP) is 2.45. The second-order valence-electron chi connectivity index (χ2n) is 5.08. The third-order valence-corrected chi connectivity index (χ3v) is 4.41. The van der Waals surface area contributed by atoms with Crippen molar-refractivity contribution in [2.45, 2.75) is 44.6 Å². The fraction of sp³-hybridized carbons (Fsp3) is 0.571. The van der Waals surface area contributed by atoms with Crippen molar-refractivity contribution in [2.75, 3.05) is 6.54 Å². The zero-order valence-corrected chi connectivity index (χ0v) is 12.6. The molecule has 1 rings (SSSR count). The summed E-state index contributed by atoms with van der Waals surface area (Å²) in [5.74, 6) is 0.455. The zero-order chi connectivity index (χ0) is 14.5. The van der Waals surface area contributed by atoms with E-state index in [0.717, 1.165) is 6.42 Å². The minimum Gasteiger partial charge on any atom is -0.388 e. The first-order valence-corrected chi connectivity index (χ1v) is 8.12. The molecule has 0 radical (unpaired) electrons. The molecule has 19 heavy (non-hydrogen) atoms. The second-order valence-corrected chi connectivity index (χ2v) is 6.84. The van der Waals surface area contributed by atoms with Crippen molar-refractivity contribution in [1.29, 1.82) is 0 Å². The minimum atomic E-state index is -3.48. The molecule has 1 atom stereocenters. The van der Waals surface area contributed by atoms with Crippen molar-refractivity contribution in [3.63, 3.8) is 0 Å². The summed E-state index contributed by atoms with van der Waals surface area (Å²) in [5.41, 5.74) is 0.634. The summed E-state index contributed by atoms with van der Waals surface area (Å²) in [4.78, 5) is 0.209. The number of aliphatic hydroxyl groups is 1. The first-order valence-electron chi connectivity index (χ1n) is 6.64. The van der Waals surface area contributed by atoms with Crippen LogP contribution in [0.2, 0.25) is 0 Å². The third kappa shape index (κ3) is 4.93. The lowest BCUT2D eigenvalue weighted by Crippen LogP contribution is -2.25. The summed E-state index contributed by atoms with van der Waals surface area (Å²) in [6.07, 6.45) is 0.742. The first-order chi connectivity index (χ1) is 8.86. The summed E-state index contributed by atoms with van der Waals surface area (Å²) in [6.45, 7) is 6.38. The number of benzene rings is 1. The van der Waals surface area contributed by atoms with Crippen molar-refractivity contribution in [3.05, 3.63) is 29.8 Å². The number of rotatable bonds is 7. The van der Waals surface area contributed by atoms with Crippen LogP contribution in [-0.4, -0.2) is 20.1 Å². The molecule has 0 saturated heterocycles. The molecule has 0 aliphatic heterocycles. The Hall–Kier alpha value is -0.910. The van der Waals surface area contributed by atoms with Crippen molar-refractivity contribution in [1.82, 2.24) is 4.72 Å². The van der Waals surface area contributed by atoms with Crippen LogP contribution in [0.3, 0.4) is 0 Å². The van der Waals surface area contributed by atoms with Crippen molar-refractivity contribution in [3.8, 4) is 0 Å². The lowest BCUT2D eigenvalue weighted by molar-refractivity contribution is 0.173. The average Bonchev–Trinajstić information content (AvgIpc) is 2.37. The highest BCUT2D eigenvalue weighted by Crippen LogP contribution is 2.19. The molecule has 1 unspecified atom stereocenters. The van der Waals surface area contributed by atoms with E-state index in [0.29, 0.717) is 24.4 Å². The molecule has 1 aromatic rings. The van der Waals surface area contributed by atoms with Crippen molar-refractivity contribution >= 4 is 10.0 Å². The van der Waals surface area contributed by atoms with Crippen LogP contribution in [0.4, 0.5) is 0 Å². The number of sulfonamides is 1. The monoisotopic (exact) mass is 285 g/mol. The SMILES string of the molecule is CCC(O)c1cccc(S(=O)(=O)NCCC(C)C)c1. The molecule has 4 nitrogen and oxygen atoms in total. The Morgan fingerprint density at radius 2 is 2.00 bits per heavy atom. The smallest absolute Gasteiger partial charge is 0.240 e. The van der Waals surface area contributed by atoms with E-state index in [2.05, 4.69) is 4.72 Å². The Morgan fingerprint density at radius 3 is 2.58 bits per heavy atom. The van der Waals surface area contributed by atoms with E-state index in [4.69, 9.17) is 0 Å². The average molecular weight is 285 g/mol. The van der Waals surface area contributed by atoms with Gasteiger partial charge in [-0.3, -0.25) is 0 Å². The predicted molar refractivity (Wildman–Crippen MR) is 76.3 cm³/mol. The highest BCUT2D eigenvalue weighted by molar-refractivity contribution is 7.89. The molecule has 2 N–H and O–H groups in total. The Kier molecular flexibility index (Phi) is 5.97. The van der Waals surface area contributed by atoms with Crippen LogP contribution in [0.1, 0.15) is 45.3 Å². The van der Waals surface area contributed by atoms with Crippen LogP contribution < -0.4 is 4.72 Å². The van der Waals surface area contributed by atoms with Crippen molar-refractivity contribution < 1.29 is 13.5 Å². The van der Waals surface area contributed by atoms with Gasteiger partial charge in [-0.25, -0.2) is 13.1 Å². The molecule has 0 heterocycles. The van der Waals surface area contributed by atoms with Gasteiger partial charge in [0.2, 0.25) is 10.0 Å². The lowest BCUT2D eigenvalue weighted by atomic mass is 10.1. The normalized spacial score (nSPS) is 13.7. The molecular weight excluding hydrogens is 262 g/mol. The summed E-state index contributed by atoms with van der Waals surface area (Å²) in [6, 6.07) is 6.47. The lowest BCUT2D eigenvalue weighted by Gasteiger charge is -2.11. The Balaban J connectivity index is 2.83. The first kappa shape index (κ1) is 16.1. The quantitative estimate of drug-likeness (QED) is 0.808. The highest BCUT2D eigenvalue weighted by atomic mass is 32.2. The van der Waals surface area contributed by atoms with E-state index in [9.17, 15) is 13.5 Å². The van der Waals surface area contributed by atoms with Crippen LogP contribution in [0, 0.1) is 5.92 Å². The fourth-order valence-electron chi connectivity index (χ4n) is 1.69. The molecule has 0 aliphatic carbocycles. The maximum atomic E-state index is 12.1. The number of aliphatic hydroxyl groups excluding tert-OH is 1. The van der Waals surface area contributed by atoms with Crippen molar-refractivity contribution in [2.24, 2.45) is 5.92 Å². The van der Waals surface area contributed by atoms with Gasteiger partial charge in [0.05, 0.1) is 11.0 Å². The molecule has 5 heteroatoms. The largest absolute Gasteiger partial charge is 0.388 e. The minimum absolute atomic E-state index is 0.209. The number of hydrogen-bond acceptors (Lipinski definition) is 3. The van der Waals surface area contributed by atoms with Crippen LogP contribution in [0.15, 0.2) is 29.2 Å². The van der Waals surface area contributed by atoms with Gasteiger partial charge in [0, 0.05) is 6.54 Å². The Labute approximate surface area is 115 Å². The van der Waals surface area contributed by atoms with E-state index < -0.39 is 16.1 Å². The molecule has 0 saturated carbocycles. The molecule has 0 aliphatic rings. The van der Waals surface area contributed by atoms with Crippen LogP contribution in [0.25, 0.3) is 0 Å². The molecule has 0 spiro atoms. The van der Waals surface area contributed by atoms with Gasteiger partial charge in [-0.1, -0.05) is 32.9 Å². The zero-order valence-electron chi connectivity index (χ0n) is 11.8. The van der Waals surface area contributed by atoms with Gasteiger partial charge < -0.3 is 5.11 Å². The Bertz CT molecular complexity index is 497. The third-order valence-electron chi connectivity index (χ3n) is 2.95. The standard InChI is InChI=1S/C14H23NO3S/c1-4-14(16)12-6-5-7-13(10-12)19(17,18)15-9-8-11(2)3/h5-7,10-11,14-16H,4,8-9H2,1-3H3. The van der Waals surface area contributed by atoms with Gasteiger partial charge in [0.15, 0.2) is 0 Å². The Morgan fingerprint density at radius 1 is 1.32 bits per heavy atom. The topological polar surface area (TPSA) is 66.4 Å². The molecule has 1 aromatic carbocycles. The number of nitrogens with one attached hydrogen (secondary N) is 1. The van der Waals surface area contributed by atoms with Crippen LogP contribution in [0.5, 0.6) is 0 Å². The maximum absolute atomic E-state index is 12.1. The van der Waals surface area contributed by atoms with Gasteiger partial charge in [-0.15, -0.1) is 0 Å². The van der Waals surface area contributed by atoms with E-state index in [1.807, 2.05) is 20.8 Å². The van der Waals surface area contributed by atoms with E-state index in [1.165, 1.54) is 6.07 Å². The molecule has 0 aromatic heterocycles. The highest BCUT2D eigenvalue weighted by Gasteiger charge is 2.15. The molecule has 0 bridgehead atoms. The molecular formula is C14H23NO3S. The van der Waals surface area contributed by atoms with Gasteiger partial charge in [0.1, 0.15) is 0 Å². The van der Waals surface area contributed by atoms with E-state index >= 15 is 0 Å². The van der Waals surface area contributed by atoms with Crippen LogP contribution >= 0.6 is 0 Å². The number of hydrogen-bond donors (Lipinski definition) is 2. The molecule has 108 valence electrons. The van der Waals surface area contributed by atoms with Gasteiger partial charge in [0.25, 0.3) is 0 Å². The summed E-state index contributed by atoms with van der Waals surface area (Å²) in [7, 11) is -3.48. The van der Waals surface area contributed by atoms with Gasteiger partial charge in [-0.2, -0.15) is 0 Å². The van der Waals surface area contributed by atoms with Crippen LogP contribution in [-0.2, 0) is 10.0 Å². The van der Waals surface area contributed by atoms with E-state index in [-0.39, 0.29) is 4.90 Å². The molecule has 0 amide bonds. The van der Waals surface area contributed by atoms with Gasteiger partial charge in [-0.05, 0) is 36.5 Å². The summed E-state index contributed by atoms with van der Waals surface area (Å²) >= 11 is 0.